The van der Waals surface area contributed by atoms with E-state index in [1.165, 1.54) is 4.90 Å². The van der Waals surface area contributed by atoms with Gasteiger partial charge in [-0.25, -0.2) is 9.78 Å². The molecule has 3 heterocycles. The van der Waals surface area contributed by atoms with Crippen molar-refractivity contribution in [2.75, 3.05) is 26.2 Å². The molecule has 1 aromatic heterocycles. The molecule has 5 atom stereocenters. The van der Waals surface area contributed by atoms with E-state index < -0.39 is 47.1 Å². The quantitative estimate of drug-likeness (QED) is 0.356. The SMILES string of the molecule is Cc1ncsc1-c1ccc([C@H](C)NC(=O)[C@@H]2C[C@@H](O)CN2C(=O)[C@@H](NC(=O)COC2CCCN(C(=O)OC(C)(C)C)C2)C(C)(C)C)cc1. The molecule has 2 aromatic rings. The van der Waals surface area contributed by atoms with Crippen molar-refractivity contribution in [2.45, 2.75) is 111 Å². The average molecular weight is 686 g/mol. The van der Waals surface area contributed by atoms with Crippen molar-refractivity contribution in [1.29, 1.82) is 0 Å². The van der Waals surface area contributed by atoms with E-state index in [-0.39, 0.29) is 37.6 Å². The molecule has 0 spiro atoms. The lowest BCUT2D eigenvalue weighted by Crippen LogP contribution is -2.58. The van der Waals surface area contributed by atoms with Gasteiger partial charge in [0.2, 0.25) is 17.7 Å². The van der Waals surface area contributed by atoms with Crippen molar-refractivity contribution in [1.82, 2.24) is 25.4 Å². The van der Waals surface area contributed by atoms with Gasteiger partial charge in [0.1, 0.15) is 24.3 Å². The second kappa shape index (κ2) is 15.3. The molecule has 48 heavy (non-hydrogen) atoms. The minimum atomic E-state index is -0.973. The maximum Gasteiger partial charge on any atom is 0.410 e. The zero-order valence-corrected chi connectivity index (χ0v) is 30.2. The van der Waals surface area contributed by atoms with Gasteiger partial charge in [0.15, 0.2) is 0 Å². The number of thiazole rings is 1. The number of piperidine rings is 1. The van der Waals surface area contributed by atoms with E-state index >= 15 is 0 Å². The van der Waals surface area contributed by atoms with Gasteiger partial charge in [-0.1, -0.05) is 45.0 Å². The lowest BCUT2D eigenvalue weighted by Gasteiger charge is -2.36. The molecule has 0 bridgehead atoms. The Bertz CT molecular complexity index is 1450. The molecule has 13 heteroatoms. The Hall–Kier alpha value is -3.55. The number of aliphatic hydroxyl groups excluding tert-OH is 1. The van der Waals surface area contributed by atoms with E-state index in [0.29, 0.717) is 25.9 Å². The van der Waals surface area contributed by atoms with Crippen LogP contribution in [0.15, 0.2) is 29.8 Å². The molecule has 12 nitrogen and oxygen atoms in total. The predicted octanol–water partition coefficient (Wildman–Crippen LogP) is 4.20. The zero-order chi connectivity index (χ0) is 35.4. The fourth-order valence-corrected chi connectivity index (χ4v) is 6.79. The topological polar surface area (TPSA) is 150 Å². The minimum absolute atomic E-state index is 0.0181. The standard InChI is InChI=1S/C35H51N5O7S/c1-21(23-11-13-24(14-12-23)29-22(2)36-20-48-29)37-31(43)27-16-25(41)17-40(27)32(44)30(34(3,4)5)38-28(42)19-46-26-10-9-15-39(18-26)33(45)47-35(6,7)8/h11-14,20-21,25-27,30,41H,9-10,15-19H2,1-8H3,(H,37,43)(H,38,42)/t21-,25+,26?,27-,30+/m0/s1. The van der Waals surface area contributed by atoms with Crippen LogP contribution >= 0.6 is 11.3 Å². The molecular formula is C35H51N5O7S. The maximum absolute atomic E-state index is 14.0. The molecule has 2 aliphatic heterocycles. The van der Waals surface area contributed by atoms with Gasteiger partial charge in [0.05, 0.1) is 40.9 Å². The number of ether oxygens (including phenoxy) is 2. The molecule has 1 aromatic carbocycles. The van der Waals surface area contributed by atoms with Crippen LogP contribution in [0.3, 0.4) is 0 Å². The van der Waals surface area contributed by atoms with Crippen LogP contribution in [0.2, 0.25) is 0 Å². The molecule has 1 unspecified atom stereocenters. The summed E-state index contributed by atoms with van der Waals surface area (Å²) in [5.41, 5.74) is 3.41. The molecule has 0 saturated carbocycles. The number of nitrogens with one attached hydrogen (secondary N) is 2. The van der Waals surface area contributed by atoms with Gasteiger partial charge in [0.25, 0.3) is 0 Å². The van der Waals surface area contributed by atoms with E-state index in [0.717, 1.165) is 21.7 Å². The second-order valence-corrected chi connectivity index (χ2v) is 15.7. The normalized spacial score (nSPS) is 21.4. The molecule has 0 aliphatic carbocycles. The van der Waals surface area contributed by atoms with Crippen LogP contribution in [0, 0.1) is 12.3 Å². The Morgan fingerprint density at radius 1 is 1.06 bits per heavy atom. The third kappa shape index (κ3) is 9.76. The number of rotatable bonds is 9. The first-order valence-corrected chi connectivity index (χ1v) is 17.5. The lowest BCUT2D eigenvalue weighted by atomic mass is 9.85. The maximum atomic E-state index is 14.0. The number of carbonyl (C=O) groups is 4. The van der Waals surface area contributed by atoms with Gasteiger partial charge in [-0.3, -0.25) is 14.4 Å². The number of aryl methyl sites for hydroxylation is 1. The molecule has 2 saturated heterocycles. The van der Waals surface area contributed by atoms with Crippen molar-refractivity contribution < 1.29 is 33.8 Å². The minimum Gasteiger partial charge on any atom is -0.444 e. The lowest BCUT2D eigenvalue weighted by molar-refractivity contribution is -0.145. The highest BCUT2D eigenvalue weighted by Crippen LogP contribution is 2.29. The largest absolute Gasteiger partial charge is 0.444 e. The fraction of sp³-hybridized carbons (Fsp3) is 0.629. The number of hydrogen-bond acceptors (Lipinski definition) is 9. The van der Waals surface area contributed by atoms with Gasteiger partial charge in [-0.15, -0.1) is 11.3 Å². The molecule has 2 aliphatic rings. The van der Waals surface area contributed by atoms with Gasteiger partial charge in [-0.05, 0) is 64.0 Å². The number of carbonyl (C=O) groups excluding carboxylic acids is 4. The Balaban J connectivity index is 1.36. The van der Waals surface area contributed by atoms with Gasteiger partial charge in [-0.2, -0.15) is 0 Å². The summed E-state index contributed by atoms with van der Waals surface area (Å²) in [6.07, 6.45) is -0.146. The van der Waals surface area contributed by atoms with E-state index in [2.05, 4.69) is 15.6 Å². The van der Waals surface area contributed by atoms with Crippen LogP contribution in [0.4, 0.5) is 4.79 Å². The van der Waals surface area contributed by atoms with Crippen molar-refractivity contribution in [3.63, 3.8) is 0 Å². The Kier molecular flexibility index (Phi) is 11.9. The number of aliphatic hydroxyl groups is 1. The number of β-amino-alcohol motifs (C(OH)–C–C–N with tert-alkyl or cyclic N) is 1. The molecule has 4 amide bonds. The average Bonchev–Trinajstić information content (AvgIpc) is 3.62. The predicted molar refractivity (Wildman–Crippen MR) is 183 cm³/mol. The van der Waals surface area contributed by atoms with Crippen LogP contribution in [-0.4, -0.2) is 99.8 Å². The van der Waals surface area contributed by atoms with Crippen LogP contribution in [-0.2, 0) is 23.9 Å². The fourth-order valence-electron chi connectivity index (χ4n) is 5.98. The third-order valence-electron chi connectivity index (χ3n) is 8.54. The number of amides is 4. The Morgan fingerprint density at radius 2 is 1.75 bits per heavy atom. The summed E-state index contributed by atoms with van der Waals surface area (Å²) in [6, 6.07) is 5.71. The smallest absolute Gasteiger partial charge is 0.410 e. The number of likely N-dealkylation sites (tertiary alicyclic amines) is 2. The molecule has 264 valence electrons. The molecule has 4 rings (SSSR count). The number of aromatic nitrogens is 1. The molecule has 3 N–H and O–H groups in total. The summed E-state index contributed by atoms with van der Waals surface area (Å²) >= 11 is 1.57. The Morgan fingerprint density at radius 3 is 2.35 bits per heavy atom. The zero-order valence-electron chi connectivity index (χ0n) is 29.4. The summed E-state index contributed by atoms with van der Waals surface area (Å²) in [5, 5.41) is 16.4. The second-order valence-electron chi connectivity index (χ2n) is 14.9. The number of hydrogen-bond donors (Lipinski definition) is 3. The van der Waals surface area contributed by atoms with Crippen LogP contribution < -0.4 is 10.6 Å². The third-order valence-corrected chi connectivity index (χ3v) is 9.52. The first kappa shape index (κ1) is 37.3. The van der Waals surface area contributed by atoms with Gasteiger partial charge in [0, 0.05) is 19.5 Å². The van der Waals surface area contributed by atoms with Gasteiger partial charge >= 0.3 is 6.09 Å². The highest BCUT2D eigenvalue weighted by molar-refractivity contribution is 7.13. The summed E-state index contributed by atoms with van der Waals surface area (Å²) in [6.45, 7) is 15.3. The first-order chi connectivity index (χ1) is 22.4. The van der Waals surface area contributed by atoms with Crippen LogP contribution in [0.25, 0.3) is 10.4 Å². The van der Waals surface area contributed by atoms with E-state index in [1.54, 1.807) is 16.2 Å². The number of nitrogens with zero attached hydrogens (tertiary/aromatic N) is 3. The summed E-state index contributed by atoms with van der Waals surface area (Å²) in [5.74, 6) is -1.30. The molecule has 0 radical (unpaired) electrons. The molecular weight excluding hydrogens is 634 g/mol. The van der Waals surface area contributed by atoms with E-state index in [1.807, 2.05) is 85.2 Å². The van der Waals surface area contributed by atoms with Crippen LogP contribution in [0.5, 0.6) is 0 Å². The van der Waals surface area contributed by atoms with Gasteiger partial charge < -0.3 is 35.0 Å². The Labute approximate surface area is 287 Å². The van der Waals surface area contributed by atoms with E-state index in [4.69, 9.17) is 9.47 Å². The highest BCUT2D eigenvalue weighted by Gasteiger charge is 2.44. The summed E-state index contributed by atoms with van der Waals surface area (Å²) in [4.78, 5) is 61.5. The van der Waals surface area contributed by atoms with Crippen molar-refractivity contribution in [3.8, 4) is 10.4 Å². The monoisotopic (exact) mass is 685 g/mol. The highest BCUT2D eigenvalue weighted by atomic mass is 32.1. The molecule has 2 fully saturated rings. The van der Waals surface area contributed by atoms with Crippen molar-refractivity contribution in [2.24, 2.45) is 5.41 Å². The van der Waals surface area contributed by atoms with Crippen molar-refractivity contribution >= 4 is 35.2 Å². The van der Waals surface area contributed by atoms with Crippen molar-refractivity contribution in [3.05, 3.63) is 41.0 Å². The summed E-state index contributed by atoms with van der Waals surface area (Å²) < 4.78 is 11.4. The number of benzene rings is 1. The summed E-state index contributed by atoms with van der Waals surface area (Å²) in [7, 11) is 0. The van der Waals surface area contributed by atoms with E-state index in [9.17, 15) is 24.3 Å². The first-order valence-electron chi connectivity index (χ1n) is 16.6. The van der Waals surface area contributed by atoms with Crippen LogP contribution in [0.1, 0.15) is 85.0 Å².